The van der Waals surface area contributed by atoms with Crippen molar-refractivity contribution in [2.75, 3.05) is 13.7 Å². The van der Waals surface area contributed by atoms with Crippen molar-refractivity contribution in [1.29, 1.82) is 0 Å². The van der Waals surface area contributed by atoms with Crippen molar-refractivity contribution in [3.63, 3.8) is 0 Å². The summed E-state index contributed by atoms with van der Waals surface area (Å²) in [5.74, 6) is 0.310. The molecular formula is C13H18N2O2. The highest BCUT2D eigenvalue weighted by Gasteiger charge is 2.39. The molecule has 92 valence electrons. The number of hydrogen-bond donors (Lipinski definition) is 2. The van der Waals surface area contributed by atoms with E-state index in [1.54, 1.807) is 0 Å². The fourth-order valence-electron chi connectivity index (χ4n) is 1.97. The number of benzene rings is 1. The Morgan fingerprint density at radius 3 is 2.88 bits per heavy atom. The first-order chi connectivity index (χ1) is 8.22. The van der Waals surface area contributed by atoms with E-state index in [1.165, 1.54) is 12.7 Å². The molecule has 4 heteroatoms. The minimum atomic E-state index is -0.572. The maximum atomic E-state index is 11.6. The molecule has 3 atom stereocenters. The van der Waals surface area contributed by atoms with Crippen molar-refractivity contribution >= 4 is 5.91 Å². The fourth-order valence-corrected chi connectivity index (χ4v) is 1.97. The molecule has 0 radical (unpaired) electrons. The summed E-state index contributed by atoms with van der Waals surface area (Å²) in [4.78, 5) is 11.6. The highest BCUT2D eigenvalue weighted by molar-refractivity contribution is 5.82. The Kier molecular flexibility index (Phi) is 3.76. The van der Waals surface area contributed by atoms with E-state index < -0.39 is 6.04 Å². The Morgan fingerprint density at radius 1 is 1.53 bits per heavy atom. The molecule has 0 heterocycles. The summed E-state index contributed by atoms with van der Waals surface area (Å²) in [7, 11) is 1.54. The molecule has 1 aliphatic rings. The summed E-state index contributed by atoms with van der Waals surface area (Å²) >= 11 is 0. The van der Waals surface area contributed by atoms with Crippen LogP contribution < -0.4 is 11.1 Å². The number of nitrogens with one attached hydrogen (secondary N) is 1. The lowest BCUT2D eigenvalue weighted by Crippen LogP contribution is -2.44. The van der Waals surface area contributed by atoms with Gasteiger partial charge in [0.1, 0.15) is 6.04 Å². The third kappa shape index (κ3) is 3.05. The van der Waals surface area contributed by atoms with Crippen molar-refractivity contribution < 1.29 is 9.53 Å². The maximum Gasteiger partial charge on any atom is 0.239 e. The van der Waals surface area contributed by atoms with Gasteiger partial charge in [0.2, 0.25) is 5.91 Å². The minimum absolute atomic E-state index is 0.129. The van der Waals surface area contributed by atoms with Gasteiger partial charge in [0, 0.05) is 19.1 Å². The Morgan fingerprint density at radius 2 is 2.24 bits per heavy atom. The molecule has 1 amide bonds. The van der Waals surface area contributed by atoms with Crippen molar-refractivity contribution in [2.45, 2.75) is 24.4 Å². The number of carbonyl (C=O) groups excluding carboxylic acids is 1. The van der Waals surface area contributed by atoms with Gasteiger partial charge in [0.25, 0.3) is 0 Å². The zero-order valence-electron chi connectivity index (χ0n) is 9.93. The Balaban J connectivity index is 1.82. The second kappa shape index (κ2) is 5.29. The molecule has 1 aromatic rings. The molecule has 0 bridgehead atoms. The van der Waals surface area contributed by atoms with E-state index in [1.807, 2.05) is 18.2 Å². The zero-order valence-corrected chi connectivity index (χ0v) is 9.93. The lowest BCUT2D eigenvalue weighted by atomic mass is 10.1. The quantitative estimate of drug-likeness (QED) is 0.785. The van der Waals surface area contributed by atoms with Gasteiger partial charge in [-0.2, -0.15) is 0 Å². The van der Waals surface area contributed by atoms with Crippen LogP contribution in [0.15, 0.2) is 30.3 Å². The number of carbonyl (C=O) groups is 1. The monoisotopic (exact) mass is 234 g/mol. The van der Waals surface area contributed by atoms with Gasteiger partial charge >= 0.3 is 0 Å². The molecule has 1 saturated carbocycles. The first-order valence-corrected chi connectivity index (χ1v) is 5.82. The van der Waals surface area contributed by atoms with Gasteiger partial charge in [-0.25, -0.2) is 0 Å². The van der Waals surface area contributed by atoms with Gasteiger partial charge in [0.05, 0.1) is 6.61 Å². The van der Waals surface area contributed by atoms with E-state index in [-0.39, 0.29) is 18.6 Å². The second-order valence-electron chi connectivity index (χ2n) is 4.43. The Hall–Kier alpha value is -1.39. The number of hydrogen-bond acceptors (Lipinski definition) is 3. The third-order valence-electron chi connectivity index (χ3n) is 3.03. The van der Waals surface area contributed by atoms with Crippen LogP contribution >= 0.6 is 0 Å². The van der Waals surface area contributed by atoms with Crippen LogP contribution in [0.2, 0.25) is 0 Å². The first kappa shape index (κ1) is 12.1. The lowest BCUT2D eigenvalue weighted by Gasteiger charge is -2.11. The van der Waals surface area contributed by atoms with Crippen LogP contribution in [0, 0.1) is 0 Å². The predicted octanol–water partition coefficient (Wildman–Crippen LogP) is 0.632. The number of rotatable bonds is 5. The summed E-state index contributed by atoms with van der Waals surface area (Å²) in [5.41, 5.74) is 6.93. The van der Waals surface area contributed by atoms with Crippen molar-refractivity contribution in [1.82, 2.24) is 5.32 Å². The first-order valence-electron chi connectivity index (χ1n) is 5.82. The molecule has 3 N–H and O–H groups in total. The van der Waals surface area contributed by atoms with E-state index in [0.717, 1.165) is 6.42 Å². The second-order valence-corrected chi connectivity index (χ2v) is 4.43. The molecular weight excluding hydrogens is 216 g/mol. The van der Waals surface area contributed by atoms with Crippen molar-refractivity contribution in [2.24, 2.45) is 5.73 Å². The van der Waals surface area contributed by atoms with E-state index >= 15 is 0 Å². The summed E-state index contributed by atoms with van der Waals surface area (Å²) in [6.45, 7) is 0.258. The molecule has 0 aliphatic heterocycles. The van der Waals surface area contributed by atoms with Gasteiger partial charge in [0.15, 0.2) is 0 Å². The maximum absolute atomic E-state index is 11.6. The Bertz CT molecular complexity index is 380. The molecule has 1 aromatic carbocycles. The SMILES string of the molecule is COCC(N)C(=O)NC1CC1c1ccccc1. The lowest BCUT2D eigenvalue weighted by molar-refractivity contribution is -0.123. The zero-order chi connectivity index (χ0) is 12.3. The number of methoxy groups -OCH3 is 1. The molecule has 3 unspecified atom stereocenters. The van der Waals surface area contributed by atoms with Crippen LogP contribution in [0.4, 0.5) is 0 Å². The van der Waals surface area contributed by atoms with E-state index in [9.17, 15) is 4.79 Å². The van der Waals surface area contributed by atoms with Gasteiger partial charge in [-0.1, -0.05) is 30.3 Å². The molecule has 4 nitrogen and oxygen atoms in total. The van der Waals surface area contributed by atoms with E-state index in [0.29, 0.717) is 5.92 Å². The van der Waals surface area contributed by atoms with Crippen molar-refractivity contribution in [3.05, 3.63) is 35.9 Å². The topological polar surface area (TPSA) is 64.3 Å². The van der Waals surface area contributed by atoms with Gasteiger partial charge in [-0.15, -0.1) is 0 Å². The van der Waals surface area contributed by atoms with Crippen LogP contribution in [0.1, 0.15) is 17.9 Å². The van der Waals surface area contributed by atoms with Crippen molar-refractivity contribution in [3.8, 4) is 0 Å². The van der Waals surface area contributed by atoms with Gasteiger partial charge in [-0.3, -0.25) is 4.79 Å². The van der Waals surface area contributed by atoms with Gasteiger partial charge in [-0.05, 0) is 12.0 Å². The molecule has 2 rings (SSSR count). The minimum Gasteiger partial charge on any atom is -0.383 e. The van der Waals surface area contributed by atoms with Crippen LogP contribution in [0.3, 0.4) is 0 Å². The van der Waals surface area contributed by atoms with E-state index in [4.69, 9.17) is 10.5 Å². The molecule has 1 fully saturated rings. The standard InChI is InChI=1S/C13H18N2O2/c1-17-8-11(14)13(16)15-12-7-10(12)9-5-3-2-4-6-9/h2-6,10-12H,7-8,14H2,1H3,(H,15,16). The molecule has 0 saturated heterocycles. The van der Waals surface area contributed by atoms with Crippen LogP contribution in [-0.2, 0) is 9.53 Å². The largest absolute Gasteiger partial charge is 0.383 e. The average molecular weight is 234 g/mol. The summed E-state index contributed by atoms with van der Waals surface area (Å²) in [6.07, 6.45) is 0.995. The molecule has 17 heavy (non-hydrogen) atoms. The summed E-state index contributed by atoms with van der Waals surface area (Å²) in [5, 5.41) is 2.94. The van der Waals surface area contributed by atoms with E-state index in [2.05, 4.69) is 17.4 Å². The normalized spacial score (nSPS) is 24.1. The predicted molar refractivity (Wildman–Crippen MR) is 65.6 cm³/mol. The molecule has 0 spiro atoms. The average Bonchev–Trinajstić information content (AvgIpc) is 3.10. The number of amides is 1. The Labute approximate surface area is 101 Å². The van der Waals surface area contributed by atoms with Crippen LogP contribution in [-0.4, -0.2) is 31.7 Å². The van der Waals surface area contributed by atoms with Crippen LogP contribution in [0.25, 0.3) is 0 Å². The van der Waals surface area contributed by atoms with Gasteiger partial charge < -0.3 is 15.8 Å². The fraction of sp³-hybridized carbons (Fsp3) is 0.462. The number of ether oxygens (including phenoxy) is 1. The highest BCUT2D eigenvalue weighted by atomic mass is 16.5. The summed E-state index contributed by atoms with van der Waals surface area (Å²) < 4.78 is 4.85. The van der Waals surface area contributed by atoms with Crippen LogP contribution in [0.5, 0.6) is 0 Å². The third-order valence-corrected chi connectivity index (χ3v) is 3.03. The number of nitrogens with two attached hydrogens (primary N) is 1. The molecule has 0 aromatic heterocycles. The smallest absolute Gasteiger partial charge is 0.239 e. The molecule has 1 aliphatic carbocycles. The highest BCUT2D eigenvalue weighted by Crippen LogP contribution is 2.40. The summed E-state index contributed by atoms with van der Waals surface area (Å²) in [6, 6.07) is 9.86.